The molecule has 0 radical (unpaired) electrons. The molecule has 2 aromatic rings. The van der Waals surface area contributed by atoms with Gasteiger partial charge in [-0.25, -0.2) is 9.97 Å². The standard InChI is InChI=1S/C15H22N4OS/c1-3-4-16-7-12-8-20-6-5-19(12)15-14-13(17-10-18-15)11(2)9-21-14/h9-10,12,16H,3-8H2,1-2H3. The van der Waals surface area contributed by atoms with Crippen molar-refractivity contribution in [1.29, 1.82) is 0 Å². The van der Waals surface area contributed by atoms with Crippen molar-refractivity contribution in [2.75, 3.05) is 37.7 Å². The fourth-order valence-corrected chi connectivity index (χ4v) is 3.72. The third-order valence-corrected chi connectivity index (χ3v) is 4.90. The molecule has 1 unspecified atom stereocenters. The van der Waals surface area contributed by atoms with Crippen LogP contribution in [0.25, 0.3) is 10.2 Å². The lowest BCUT2D eigenvalue weighted by Gasteiger charge is -2.36. The number of hydrogen-bond donors (Lipinski definition) is 1. The van der Waals surface area contributed by atoms with Crippen LogP contribution in [0.2, 0.25) is 0 Å². The molecular formula is C15H22N4OS. The Kier molecular flexibility index (Phi) is 4.67. The average molecular weight is 306 g/mol. The van der Waals surface area contributed by atoms with E-state index in [9.17, 15) is 0 Å². The minimum atomic E-state index is 0.339. The number of fused-ring (bicyclic) bond motifs is 1. The van der Waals surface area contributed by atoms with E-state index >= 15 is 0 Å². The molecule has 3 heterocycles. The van der Waals surface area contributed by atoms with E-state index in [2.05, 4.69) is 39.4 Å². The molecule has 0 spiro atoms. The predicted octanol–water partition coefficient (Wildman–Crippen LogP) is 2.20. The van der Waals surface area contributed by atoms with E-state index in [0.717, 1.165) is 50.6 Å². The normalized spacial score (nSPS) is 19.3. The summed E-state index contributed by atoms with van der Waals surface area (Å²) in [5.41, 5.74) is 2.31. The van der Waals surface area contributed by atoms with Gasteiger partial charge in [-0.2, -0.15) is 0 Å². The smallest absolute Gasteiger partial charge is 0.150 e. The van der Waals surface area contributed by atoms with Gasteiger partial charge in [-0.05, 0) is 30.8 Å². The maximum atomic E-state index is 5.66. The molecule has 2 aromatic heterocycles. The Bertz CT molecular complexity index is 600. The molecule has 0 aliphatic carbocycles. The summed E-state index contributed by atoms with van der Waals surface area (Å²) in [5.74, 6) is 1.06. The molecule has 0 amide bonds. The molecule has 1 aliphatic heterocycles. The second kappa shape index (κ2) is 6.68. The summed E-state index contributed by atoms with van der Waals surface area (Å²) in [5, 5.41) is 5.66. The predicted molar refractivity (Wildman–Crippen MR) is 87.3 cm³/mol. The van der Waals surface area contributed by atoms with Crippen LogP contribution in [0, 0.1) is 6.92 Å². The van der Waals surface area contributed by atoms with E-state index in [1.54, 1.807) is 17.7 Å². The number of ether oxygens (including phenoxy) is 1. The highest BCUT2D eigenvalue weighted by Crippen LogP contribution is 2.32. The highest BCUT2D eigenvalue weighted by atomic mass is 32.1. The maximum absolute atomic E-state index is 5.66. The summed E-state index contributed by atoms with van der Waals surface area (Å²) >= 11 is 1.74. The van der Waals surface area contributed by atoms with Crippen LogP contribution in [0.4, 0.5) is 5.82 Å². The van der Waals surface area contributed by atoms with E-state index in [1.807, 2.05) is 0 Å². The molecule has 1 aliphatic rings. The van der Waals surface area contributed by atoms with Gasteiger partial charge in [-0.3, -0.25) is 0 Å². The van der Waals surface area contributed by atoms with Crippen molar-refractivity contribution in [3.8, 4) is 0 Å². The molecule has 0 saturated carbocycles. The van der Waals surface area contributed by atoms with Crippen LogP contribution >= 0.6 is 11.3 Å². The zero-order valence-corrected chi connectivity index (χ0v) is 13.4. The Balaban J connectivity index is 1.87. The average Bonchev–Trinajstić information content (AvgIpc) is 2.90. The van der Waals surface area contributed by atoms with Crippen LogP contribution in [0.15, 0.2) is 11.7 Å². The monoisotopic (exact) mass is 306 g/mol. The first-order valence-corrected chi connectivity index (χ1v) is 8.43. The van der Waals surface area contributed by atoms with Crippen LogP contribution in [-0.4, -0.2) is 48.9 Å². The topological polar surface area (TPSA) is 50.3 Å². The fourth-order valence-electron chi connectivity index (χ4n) is 2.71. The van der Waals surface area contributed by atoms with Gasteiger partial charge >= 0.3 is 0 Å². The third kappa shape index (κ3) is 3.02. The molecule has 5 nitrogen and oxygen atoms in total. The van der Waals surface area contributed by atoms with Crippen molar-refractivity contribution in [1.82, 2.24) is 15.3 Å². The van der Waals surface area contributed by atoms with E-state index < -0.39 is 0 Å². The highest BCUT2D eigenvalue weighted by Gasteiger charge is 2.26. The first-order chi connectivity index (χ1) is 10.3. The summed E-state index contributed by atoms with van der Waals surface area (Å²) in [4.78, 5) is 11.4. The summed E-state index contributed by atoms with van der Waals surface area (Å²) in [6.07, 6.45) is 2.83. The molecule has 1 saturated heterocycles. The van der Waals surface area contributed by atoms with Gasteiger partial charge in [0.05, 0.1) is 29.5 Å². The molecule has 0 bridgehead atoms. The summed E-state index contributed by atoms with van der Waals surface area (Å²) < 4.78 is 6.85. The van der Waals surface area contributed by atoms with Crippen LogP contribution in [0.3, 0.4) is 0 Å². The Labute approximate surface area is 129 Å². The first-order valence-electron chi connectivity index (χ1n) is 7.55. The van der Waals surface area contributed by atoms with Crippen LogP contribution in [0.5, 0.6) is 0 Å². The number of rotatable bonds is 5. The second-order valence-corrected chi connectivity index (χ2v) is 6.30. The molecule has 1 N–H and O–H groups in total. The van der Waals surface area contributed by atoms with Crippen LogP contribution < -0.4 is 10.2 Å². The van der Waals surface area contributed by atoms with Crippen molar-refractivity contribution < 1.29 is 4.74 Å². The lowest BCUT2D eigenvalue weighted by Crippen LogP contribution is -2.51. The van der Waals surface area contributed by atoms with Gasteiger partial charge in [0.1, 0.15) is 12.1 Å². The Morgan fingerprint density at radius 1 is 1.48 bits per heavy atom. The number of nitrogens with zero attached hydrogens (tertiary/aromatic N) is 3. The van der Waals surface area contributed by atoms with Crippen molar-refractivity contribution in [2.45, 2.75) is 26.3 Å². The number of nitrogens with one attached hydrogen (secondary N) is 1. The number of morpholine rings is 1. The lowest BCUT2D eigenvalue weighted by molar-refractivity contribution is 0.0935. The molecule has 21 heavy (non-hydrogen) atoms. The Hall–Kier alpha value is -1.24. The number of thiophene rings is 1. The van der Waals surface area contributed by atoms with Crippen LogP contribution in [0.1, 0.15) is 18.9 Å². The third-order valence-electron chi connectivity index (χ3n) is 3.82. The summed E-state index contributed by atoms with van der Waals surface area (Å²) in [7, 11) is 0. The number of anilines is 1. The van der Waals surface area contributed by atoms with E-state index in [0.29, 0.717) is 6.04 Å². The quantitative estimate of drug-likeness (QED) is 0.858. The SMILES string of the molecule is CCCNCC1COCCN1c1ncnc2c(C)csc12. The van der Waals surface area contributed by atoms with Crippen molar-refractivity contribution in [3.05, 3.63) is 17.3 Å². The molecule has 1 atom stereocenters. The Morgan fingerprint density at radius 2 is 2.38 bits per heavy atom. The summed E-state index contributed by atoms with van der Waals surface area (Å²) in [6.45, 7) is 8.68. The molecule has 114 valence electrons. The molecule has 1 fully saturated rings. The van der Waals surface area contributed by atoms with E-state index in [1.165, 1.54) is 10.3 Å². The number of aryl methyl sites for hydroxylation is 1. The van der Waals surface area contributed by atoms with Crippen molar-refractivity contribution in [3.63, 3.8) is 0 Å². The van der Waals surface area contributed by atoms with Crippen molar-refractivity contribution >= 4 is 27.4 Å². The van der Waals surface area contributed by atoms with Crippen molar-refractivity contribution in [2.24, 2.45) is 0 Å². The number of aromatic nitrogens is 2. The highest BCUT2D eigenvalue weighted by molar-refractivity contribution is 7.18. The molecule has 6 heteroatoms. The van der Waals surface area contributed by atoms with Gasteiger partial charge in [-0.1, -0.05) is 6.92 Å². The summed E-state index contributed by atoms with van der Waals surface area (Å²) in [6, 6.07) is 0.339. The second-order valence-electron chi connectivity index (χ2n) is 5.42. The van der Waals surface area contributed by atoms with Gasteiger partial charge in [0.2, 0.25) is 0 Å². The molecule has 0 aromatic carbocycles. The minimum absolute atomic E-state index is 0.339. The molecular weight excluding hydrogens is 284 g/mol. The van der Waals surface area contributed by atoms with Gasteiger partial charge in [0, 0.05) is 13.1 Å². The lowest BCUT2D eigenvalue weighted by atomic mass is 10.2. The minimum Gasteiger partial charge on any atom is -0.377 e. The van der Waals surface area contributed by atoms with Gasteiger partial charge in [0.15, 0.2) is 0 Å². The maximum Gasteiger partial charge on any atom is 0.150 e. The van der Waals surface area contributed by atoms with E-state index in [4.69, 9.17) is 4.74 Å². The van der Waals surface area contributed by atoms with Gasteiger partial charge < -0.3 is 15.0 Å². The molecule has 3 rings (SSSR count). The Morgan fingerprint density at radius 3 is 3.24 bits per heavy atom. The van der Waals surface area contributed by atoms with Gasteiger partial charge in [-0.15, -0.1) is 11.3 Å². The fraction of sp³-hybridized carbons (Fsp3) is 0.600. The largest absolute Gasteiger partial charge is 0.377 e. The number of hydrogen-bond acceptors (Lipinski definition) is 6. The van der Waals surface area contributed by atoms with E-state index in [-0.39, 0.29) is 0 Å². The van der Waals surface area contributed by atoms with Gasteiger partial charge in [0.25, 0.3) is 0 Å². The first kappa shape index (κ1) is 14.7. The zero-order valence-electron chi connectivity index (χ0n) is 12.6. The van der Waals surface area contributed by atoms with Crippen LogP contribution in [-0.2, 0) is 4.74 Å². The zero-order chi connectivity index (χ0) is 14.7.